The van der Waals surface area contributed by atoms with E-state index in [0.717, 1.165) is 11.4 Å². The number of halogens is 1. The lowest BCUT2D eigenvalue weighted by Gasteiger charge is -2.02. The van der Waals surface area contributed by atoms with Crippen molar-refractivity contribution in [2.75, 3.05) is 7.05 Å². The van der Waals surface area contributed by atoms with Crippen molar-refractivity contribution < 1.29 is 0 Å². The minimum absolute atomic E-state index is 0.363. The van der Waals surface area contributed by atoms with Gasteiger partial charge in [0.25, 0.3) is 0 Å². The van der Waals surface area contributed by atoms with Crippen molar-refractivity contribution in [2.24, 2.45) is 4.99 Å². The third-order valence-corrected chi connectivity index (χ3v) is 1.82. The molecular weight excluding hydrogens is 210 g/mol. The number of hydrogen-bond acceptors (Lipinski definition) is 3. The number of aromatic nitrogens is 2. The van der Waals surface area contributed by atoms with E-state index in [1.807, 2.05) is 20.8 Å². The Hall–Kier alpha value is -1.22. The van der Waals surface area contributed by atoms with Crippen molar-refractivity contribution in [3.63, 3.8) is 0 Å². The van der Waals surface area contributed by atoms with Gasteiger partial charge in [-0.05, 0) is 13.0 Å². The summed E-state index contributed by atoms with van der Waals surface area (Å²) in [5.74, 6) is 0. The summed E-state index contributed by atoms with van der Waals surface area (Å²) in [5.41, 5.74) is 2.21. The molecule has 0 saturated heterocycles. The fourth-order valence-corrected chi connectivity index (χ4v) is 1.05. The van der Waals surface area contributed by atoms with Crippen LogP contribution in [-0.2, 0) is 0 Å². The molecule has 0 N–H and O–H groups in total. The third-order valence-electron chi connectivity index (χ3n) is 1.64. The van der Waals surface area contributed by atoms with Crippen LogP contribution in [0.3, 0.4) is 0 Å². The minimum Gasteiger partial charge on any atom is -0.291 e. The van der Waals surface area contributed by atoms with Gasteiger partial charge in [-0.1, -0.05) is 32.0 Å². The van der Waals surface area contributed by atoms with Crippen molar-refractivity contribution in [3.05, 3.63) is 29.3 Å². The second-order valence-electron chi connectivity index (χ2n) is 2.44. The summed E-state index contributed by atoms with van der Waals surface area (Å²) < 4.78 is 0. The minimum atomic E-state index is 0.363. The van der Waals surface area contributed by atoms with Crippen LogP contribution in [-0.4, -0.2) is 22.7 Å². The smallest absolute Gasteiger partial charge is 0.148 e. The highest BCUT2D eigenvalue weighted by Gasteiger charge is 2.05. The molecule has 0 aromatic carbocycles. The molecule has 4 heteroatoms. The second-order valence-corrected chi connectivity index (χ2v) is 2.83. The van der Waals surface area contributed by atoms with E-state index in [1.165, 1.54) is 6.20 Å². The standard InChI is InChI=1S/C9H10ClN3.C2H6/c1-4-7-9(6(2)11-3)12-5-8(10)13-7;1-2/h4-5H,1H2,2-3H3;1-2H3. The zero-order valence-electron chi connectivity index (χ0n) is 9.58. The summed E-state index contributed by atoms with van der Waals surface area (Å²) in [6.45, 7) is 9.50. The molecule has 0 aliphatic rings. The van der Waals surface area contributed by atoms with Crippen molar-refractivity contribution in [3.8, 4) is 0 Å². The fourth-order valence-electron chi connectivity index (χ4n) is 0.908. The molecule has 1 rings (SSSR count). The van der Waals surface area contributed by atoms with Crippen molar-refractivity contribution >= 4 is 23.4 Å². The maximum Gasteiger partial charge on any atom is 0.148 e. The van der Waals surface area contributed by atoms with E-state index in [0.29, 0.717) is 10.8 Å². The van der Waals surface area contributed by atoms with Crippen LogP contribution in [0.1, 0.15) is 32.2 Å². The Morgan fingerprint density at radius 2 is 2.13 bits per heavy atom. The van der Waals surface area contributed by atoms with Gasteiger partial charge in [-0.3, -0.25) is 4.99 Å². The third kappa shape index (κ3) is 3.80. The first-order valence-electron chi connectivity index (χ1n) is 4.77. The Morgan fingerprint density at radius 3 is 2.60 bits per heavy atom. The molecule has 0 fully saturated rings. The van der Waals surface area contributed by atoms with E-state index in [2.05, 4.69) is 21.5 Å². The molecule has 82 valence electrons. The predicted octanol–water partition coefficient (Wildman–Crippen LogP) is 3.24. The molecule has 1 heterocycles. The molecule has 0 saturated carbocycles. The van der Waals surface area contributed by atoms with Gasteiger partial charge in [0.1, 0.15) is 10.8 Å². The Labute approximate surface area is 95.9 Å². The average Bonchev–Trinajstić information content (AvgIpc) is 2.30. The van der Waals surface area contributed by atoms with Crippen LogP contribution in [0.25, 0.3) is 6.08 Å². The molecule has 0 bridgehead atoms. The van der Waals surface area contributed by atoms with Crippen molar-refractivity contribution in [1.82, 2.24) is 9.97 Å². The molecular formula is C11H16ClN3. The van der Waals surface area contributed by atoms with Crippen LogP contribution in [0.5, 0.6) is 0 Å². The van der Waals surface area contributed by atoms with Crippen LogP contribution in [0.15, 0.2) is 17.8 Å². The Bertz CT molecular complexity index is 359. The van der Waals surface area contributed by atoms with Crippen LogP contribution in [0.4, 0.5) is 0 Å². The zero-order valence-corrected chi connectivity index (χ0v) is 10.3. The van der Waals surface area contributed by atoms with Crippen molar-refractivity contribution in [2.45, 2.75) is 20.8 Å². The lowest BCUT2D eigenvalue weighted by molar-refractivity contribution is 1.15. The van der Waals surface area contributed by atoms with Gasteiger partial charge in [0.05, 0.1) is 17.6 Å². The number of hydrogen-bond donors (Lipinski definition) is 0. The molecule has 3 nitrogen and oxygen atoms in total. The van der Waals surface area contributed by atoms with E-state index < -0.39 is 0 Å². The quantitative estimate of drug-likeness (QED) is 0.725. The van der Waals surface area contributed by atoms with E-state index >= 15 is 0 Å². The molecule has 0 unspecified atom stereocenters. The molecule has 1 aromatic rings. The lowest BCUT2D eigenvalue weighted by atomic mass is 10.2. The highest BCUT2D eigenvalue weighted by molar-refractivity contribution is 6.29. The van der Waals surface area contributed by atoms with E-state index in [-0.39, 0.29) is 0 Å². The molecule has 0 spiro atoms. The summed E-state index contributed by atoms with van der Waals surface area (Å²) in [7, 11) is 1.71. The van der Waals surface area contributed by atoms with Gasteiger partial charge in [0.15, 0.2) is 0 Å². The van der Waals surface area contributed by atoms with Gasteiger partial charge in [0, 0.05) is 7.05 Å². The van der Waals surface area contributed by atoms with Crippen LogP contribution in [0, 0.1) is 0 Å². The molecule has 1 aromatic heterocycles. The number of rotatable bonds is 2. The molecule has 0 aliphatic heterocycles. The Morgan fingerprint density at radius 1 is 1.53 bits per heavy atom. The highest BCUT2D eigenvalue weighted by atomic mass is 35.5. The number of aliphatic imine (C=N–C) groups is 1. The van der Waals surface area contributed by atoms with Gasteiger partial charge in [-0.25, -0.2) is 9.97 Å². The van der Waals surface area contributed by atoms with E-state index in [1.54, 1.807) is 13.1 Å². The summed E-state index contributed by atoms with van der Waals surface area (Å²) in [6, 6.07) is 0. The maximum absolute atomic E-state index is 5.68. The van der Waals surface area contributed by atoms with E-state index in [4.69, 9.17) is 11.6 Å². The van der Waals surface area contributed by atoms with E-state index in [9.17, 15) is 0 Å². The Balaban J connectivity index is 0.000000921. The first kappa shape index (κ1) is 13.8. The highest BCUT2D eigenvalue weighted by Crippen LogP contribution is 2.10. The normalized spacial score (nSPS) is 10.3. The van der Waals surface area contributed by atoms with Crippen LogP contribution >= 0.6 is 11.6 Å². The zero-order chi connectivity index (χ0) is 11.8. The largest absolute Gasteiger partial charge is 0.291 e. The second kappa shape index (κ2) is 7.12. The topological polar surface area (TPSA) is 38.1 Å². The maximum atomic E-state index is 5.68. The summed E-state index contributed by atoms with van der Waals surface area (Å²) in [6.07, 6.45) is 3.11. The average molecular weight is 226 g/mol. The SMILES string of the molecule is C=Cc1nc(Cl)cnc1C(C)=NC.CC. The molecule has 0 radical (unpaired) electrons. The molecule has 15 heavy (non-hydrogen) atoms. The van der Waals surface area contributed by atoms with Crippen LogP contribution < -0.4 is 0 Å². The molecule has 0 aliphatic carbocycles. The van der Waals surface area contributed by atoms with Gasteiger partial charge in [-0.15, -0.1) is 0 Å². The van der Waals surface area contributed by atoms with Gasteiger partial charge in [0.2, 0.25) is 0 Å². The van der Waals surface area contributed by atoms with Gasteiger partial charge in [-0.2, -0.15) is 0 Å². The van der Waals surface area contributed by atoms with Gasteiger partial charge < -0.3 is 0 Å². The Kier molecular flexibility index (Phi) is 6.54. The summed E-state index contributed by atoms with van der Waals surface area (Å²) in [5, 5.41) is 0.363. The van der Waals surface area contributed by atoms with Crippen molar-refractivity contribution in [1.29, 1.82) is 0 Å². The lowest BCUT2D eigenvalue weighted by Crippen LogP contribution is -2.03. The summed E-state index contributed by atoms with van der Waals surface area (Å²) in [4.78, 5) is 12.2. The van der Waals surface area contributed by atoms with Crippen LogP contribution in [0.2, 0.25) is 5.15 Å². The monoisotopic (exact) mass is 225 g/mol. The summed E-state index contributed by atoms with van der Waals surface area (Å²) >= 11 is 5.68. The fraction of sp³-hybridized carbons (Fsp3) is 0.364. The van der Waals surface area contributed by atoms with Gasteiger partial charge >= 0.3 is 0 Å². The first-order valence-corrected chi connectivity index (χ1v) is 5.15. The molecule has 0 atom stereocenters. The molecule has 0 amide bonds. The number of nitrogens with zero attached hydrogens (tertiary/aromatic N) is 3. The first-order chi connectivity index (χ1) is 7.19. The predicted molar refractivity (Wildman–Crippen MR) is 66.6 cm³/mol.